The van der Waals surface area contributed by atoms with Crippen LogP contribution in [0.15, 0.2) is 71.0 Å². The molecule has 0 aliphatic carbocycles. The normalized spacial score (nSPS) is 12.8. The van der Waals surface area contributed by atoms with Crippen molar-refractivity contribution in [3.8, 4) is 11.3 Å². The van der Waals surface area contributed by atoms with E-state index in [1.165, 1.54) is 48.1 Å². The summed E-state index contributed by atoms with van der Waals surface area (Å²) in [7, 11) is 0. The molecule has 1 N–H and O–H groups in total. The average Bonchev–Trinajstić information content (AvgIpc) is 3.66. The fraction of sp³-hybridized carbons (Fsp3) is 0.447. The Bertz CT molecular complexity index is 2260. The average molecular weight is 909 g/mol. The van der Waals surface area contributed by atoms with Crippen LogP contribution in [0.25, 0.3) is 53.2 Å². The molecule has 0 aliphatic heterocycles. The summed E-state index contributed by atoms with van der Waals surface area (Å²) in [5, 5.41) is 16.1. The van der Waals surface area contributed by atoms with Crippen molar-refractivity contribution in [2.24, 2.45) is 16.7 Å². The zero-order valence-corrected chi connectivity index (χ0v) is 37.1. The van der Waals surface area contributed by atoms with Gasteiger partial charge in [-0.3, -0.25) is 9.78 Å². The summed E-state index contributed by atoms with van der Waals surface area (Å²) >= 11 is 1.81. The van der Waals surface area contributed by atoms with Gasteiger partial charge in [-0.05, 0) is 73.9 Å². The van der Waals surface area contributed by atoms with Gasteiger partial charge in [-0.1, -0.05) is 105 Å². The summed E-state index contributed by atoms with van der Waals surface area (Å²) in [6.07, 6.45) is 7.71. The summed E-state index contributed by atoms with van der Waals surface area (Å²) in [4.78, 5) is 17.1. The third kappa shape index (κ3) is 8.36. The predicted molar refractivity (Wildman–Crippen MR) is 224 cm³/mol. The second-order valence-corrected chi connectivity index (χ2v) is 17.6. The first kappa shape index (κ1) is 42.4. The molecular formula is C47H58IrNO3S-. The summed E-state index contributed by atoms with van der Waals surface area (Å²) in [6.45, 7) is 25.5. The quantitative estimate of drug-likeness (QED) is 0.0845. The van der Waals surface area contributed by atoms with E-state index in [0.29, 0.717) is 5.92 Å². The number of carbonyl (C=O) groups is 1. The largest absolute Gasteiger partial charge is 0.512 e. The minimum Gasteiger partial charge on any atom is -0.512 e. The van der Waals surface area contributed by atoms with Crippen molar-refractivity contribution in [2.45, 2.75) is 121 Å². The van der Waals surface area contributed by atoms with Crippen molar-refractivity contribution in [3.05, 3.63) is 89.5 Å². The van der Waals surface area contributed by atoms with Crippen molar-refractivity contribution in [2.75, 3.05) is 0 Å². The second-order valence-electron chi connectivity index (χ2n) is 16.5. The zero-order chi connectivity index (χ0) is 38.2. The van der Waals surface area contributed by atoms with Gasteiger partial charge in [0, 0.05) is 74.6 Å². The molecule has 3 aromatic carbocycles. The number of aliphatic hydroxyl groups excluding tert-OH is 1. The molecule has 6 rings (SSSR count). The number of hydrogen-bond acceptors (Lipinski definition) is 5. The van der Waals surface area contributed by atoms with E-state index in [9.17, 15) is 9.90 Å². The van der Waals surface area contributed by atoms with Crippen LogP contribution in [0.5, 0.6) is 0 Å². The maximum atomic E-state index is 12.2. The fourth-order valence-corrected chi connectivity index (χ4v) is 8.15. The molecule has 0 atom stereocenters. The molecule has 0 amide bonds. The summed E-state index contributed by atoms with van der Waals surface area (Å²) in [5.41, 5.74) is 5.07. The second kappa shape index (κ2) is 16.6. The number of furan rings is 1. The molecule has 0 fully saturated rings. The Labute approximate surface area is 334 Å². The number of nitrogens with zero attached hydrogens (tertiary/aromatic N) is 1. The first-order valence-electron chi connectivity index (χ1n) is 19.1. The van der Waals surface area contributed by atoms with E-state index in [2.05, 4.69) is 96.1 Å². The van der Waals surface area contributed by atoms with E-state index in [1.807, 2.05) is 59.1 Å². The van der Waals surface area contributed by atoms with Crippen molar-refractivity contribution >= 4 is 59.0 Å². The van der Waals surface area contributed by atoms with Crippen LogP contribution in [-0.2, 0) is 36.7 Å². The predicted octanol–water partition coefficient (Wildman–Crippen LogP) is 14.3. The molecule has 53 heavy (non-hydrogen) atoms. The molecule has 0 aliphatic rings. The Hall–Kier alpha value is -3.31. The van der Waals surface area contributed by atoms with Gasteiger partial charge in [0.05, 0.1) is 0 Å². The van der Waals surface area contributed by atoms with E-state index in [1.54, 1.807) is 0 Å². The molecule has 0 spiro atoms. The minimum atomic E-state index is -0.337. The Kier molecular flexibility index (Phi) is 13.3. The number of fused-ring (bicyclic) bond motifs is 6. The first-order chi connectivity index (χ1) is 24.5. The number of thiophene rings is 1. The molecule has 0 bridgehead atoms. The maximum absolute atomic E-state index is 12.2. The molecule has 3 heterocycles. The van der Waals surface area contributed by atoms with Gasteiger partial charge in [0.15, 0.2) is 5.78 Å². The number of hydrogen-bond donors (Lipinski definition) is 1. The van der Waals surface area contributed by atoms with Crippen molar-refractivity contribution < 1.29 is 34.4 Å². The number of aliphatic hydroxyl groups is 1. The van der Waals surface area contributed by atoms with Crippen LogP contribution in [0, 0.1) is 29.7 Å². The number of allylic oxidation sites excluding steroid dienone is 2. The Balaban J connectivity index is 0.000000299. The SMILES string of the molecule is CCC(C)(CC)C(=O)/C=C(\O)C(C)(CC)CC.Cc1oc2c(ccc3sc4ccnc(-c5[c-]c6ccccc6c(C(C)(C)C)c5)c4c32)c1CC(C)C.[Ir]. The van der Waals surface area contributed by atoms with Crippen LogP contribution in [-0.4, -0.2) is 15.9 Å². The topological polar surface area (TPSA) is 63.3 Å². The van der Waals surface area contributed by atoms with Crippen molar-refractivity contribution in [1.29, 1.82) is 0 Å². The summed E-state index contributed by atoms with van der Waals surface area (Å²) < 4.78 is 8.96. The Morgan fingerprint density at radius 1 is 0.887 bits per heavy atom. The van der Waals surface area contributed by atoms with Crippen molar-refractivity contribution in [3.63, 3.8) is 0 Å². The van der Waals surface area contributed by atoms with Crippen LogP contribution in [0.3, 0.4) is 0 Å². The summed E-state index contributed by atoms with van der Waals surface area (Å²) in [6, 6.07) is 21.2. The van der Waals surface area contributed by atoms with Crippen LogP contribution < -0.4 is 0 Å². The first-order valence-corrected chi connectivity index (χ1v) is 20.0. The molecule has 285 valence electrons. The number of aromatic nitrogens is 1. The van der Waals surface area contributed by atoms with Gasteiger partial charge in [0.1, 0.15) is 17.1 Å². The molecule has 1 radical (unpaired) electrons. The molecule has 6 heteroatoms. The molecule has 0 unspecified atom stereocenters. The van der Waals surface area contributed by atoms with Gasteiger partial charge in [0.25, 0.3) is 0 Å². The van der Waals surface area contributed by atoms with Crippen LogP contribution >= 0.6 is 11.3 Å². The number of carbonyl (C=O) groups excluding carboxylic acids is 1. The maximum Gasteiger partial charge on any atom is 0.164 e. The van der Waals surface area contributed by atoms with E-state index in [-0.39, 0.29) is 47.9 Å². The molecule has 4 nitrogen and oxygen atoms in total. The zero-order valence-electron chi connectivity index (χ0n) is 33.8. The van der Waals surface area contributed by atoms with E-state index < -0.39 is 0 Å². The van der Waals surface area contributed by atoms with Gasteiger partial charge in [-0.15, -0.1) is 40.5 Å². The number of rotatable bonds is 10. The standard InChI is InChI=1S/C32H30NOS.C15H28O2.Ir/c1-18(2)15-24-19(3)34-31-23(24)11-12-26-29(31)28-27(35-26)13-14-33-30(28)21-16-20-9-7-8-10-22(20)25(17-21)32(4,5)6;1-7-14(5,8-2)12(16)11-13(17)15(6,9-3)10-4;/h7-14,17-18H,15H2,1-6H3;11,16H,7-10H2,1-6H3;/q-1;;/b;12-11-;. The molecule has 6 aromatic rings. The smallest absolute Gasteiger partial charge is 0.164 e. The summed E-state index contributed by atoms with van der Waals surface area (Å²) in [5.74, 6) is 1.89. The Morgan fingerprint density at radius 3 is 2.11 bits per heavy atom. The van der Waals surface area contributed by atoms with Gasteiger partial charge < -0.3 is 9.52 Å². The van der Waals surface area contributed by atoms with Gasteiger partial charge >= 0.3 is 0 Å². The molecule has 3 aromatic heterocycles. The van der Waals surface area contributed by atoms with Crippen LogP contribution in [0.2, 0.25) is 0 Å². The molecular weight excluding hydrogens is 851 g/mol. The van der Waals surface area contributed by atoms with Gasteiger partial charge in [-0.25, -0.2) is 0 Å². The van der Waals surface area contributed by atoms with E-state index in [0.717, 1.165) is 60.1 Å². The van der Waals surface area contributed by atoms with E-state index >= 15 is 0 Å². The van der Waals surface area contributed by atoms with Gasteiger partial charge in [-0.2, -0.15) is 0 Å². The number of ketones is 1. The number of aryl methyl sites for hydroxylation is 1. The third-order valence-corrected chi connectivity index (χ3v) is 12.7. The van der Waals surface area contributed by atoms with Crippen LogP contribution in [0.1, 0.15) is 119 Å². The Morgan fingerprint density at radius 2 is 1.51 bits per heavy atom. The van der Waals surface area contributed by atoms with Crippen molar-refractivity contribution in [1.82, 2.24) is 4.98 Å². The monoisotopic (exact) mass is 909 g/mol. The van der Waals surface area contributed by atoms with Crippen LogP contribution in [0.4, 0.5) is 0 Å². The van der Waals surface area contributed by atoms with E-state index in [4.69, 9.17) is 9.40 Å². The third-order valence-electron chi connectivity index (χ3n) is 11.6. The minimum absolute atomic E-state index is 0. The fourth-order valence-electron chi connectivity index (χ4n) is 7.05. The number of pyridine rings is 1. The van der Waals surface area contributed by atoms with Gasteiger partial charge in [0.2, 0.25) is 0 Å². The molecule has 0 saturated carbocycles. The number of benzene rings is 3. The molecule has 0 saturated heterocycles.